The number of nitrogens with two attached hydrogens (primary N) is 1. The van der Waals surface area contributed by atoms with Gasteiger partial charge in [0.05, 0.1) is 6.10 Å². The van der Waals surface area contributed by atoms with Crippen LogP contribution in [0.5, 0.6) is 0 Å². The Labute approximate surface area is 100 Å². The summed E-state index contributed by atoms with van der Waals surface area (Å²) >= 11 is 0. The second-order valence-corrected chi connectivity index (χ2v) is 4.27. The molecule has 0 saturated heterocycles. The lowest BCUT2D eigenvalue weighted by atomic mass is 9.99. The van der Waals surface area contributed by atoms with Crippen LogP contribution in [-0.2, 0) is 6.42 Å². The molecular weight excluding hydrogens is 224 g/mol. The normalized spacial score (nSPS) is 14.6. The van der Waals surface area contributed by atoms with Crippen LogP contribution in [0.3, 0.4) is 0 Å². The molecule has 2 unspecified atom stereocenters. The lowest BCUT2D eigenvalue weighted by molar-refractivity contribution is 0.130. The summed E-state index contributed by atoms with van der Waals surface area (Å²) in [5, 5.41) is 9.73. The summed E-state index contributed by atoms with van der Waals surface area (Å²) in [4.78, 5) is 0. The zero-order chi connectivity index (χ0) is 12.8. The fourth-order valence-electron chi connectivity index (χ4n) is 1.78. The average molecular weight is 243 g/mol. The number of halogens is 2. The van der Waals surface area contributed by atoms with Crippen molar-refractivity contribution in [3.05, 3.63) is 35.4 Å². The van der Waals surface area contributed by atoms with Gasteiger partial charge in [-0.05, 0) is 30.9 Å². The van der Waals surface area contributed by atoms with E-state index < -0.39 is 17.7 Å². The molecule has 0 aliphatic heterocycles. The van der Waals surface area contributed by atoms with Gasteiger partial charge in [-0.25, -0.2) is 8.78 Å². The number of aliphatic hydroxyl groups excluding tert-OH is 1. The predicted octanol–water partition coefficient (Wildman–Crippen LogP) is 2.39. The van der Waals surface area contributed by atoms with Gasteiger partial charge in [-0.1, -0.05) is 25.5 Å². The molecule has 0 heterocycles. The summed E-state index contributed by atoms with van der Waals surface area (Å²) in [6.45, 7) is 1.98. The molecule has 1 aromatic rings. The smallest absolute Gasteiger partial charge is 0.162 e. The molecule has 0 aromatic heterocycles. The van der Waals surface area contributed by atoms with Crippen LogP contribution in [0.1, 0.15) is 31.7 Å². The Morgan fingerprint density at radius 3 is 2.65 bits per heavy atom. The molecule has 96 valence electrons. The number of aryl methyl sites for hydroxylation is 1. The molecular formula is C13H19F2NO. The van der Waals surface area contributed by atoms with Crippen LogP contribution in [0.25, 0.3) is 0 Å². The van der Waals surface area contributed by atoms with Crippen molar-refractivity contribution in [3.63, 3.8) is 0 Å². The number of hydrogen-bond acceptors (Lipinski definition) is 2. The molecule has 3 N–H and O–H groups in total. The number of benzene rings is 1. The van der Waals surface area contributed by atoms with Crippen molar-refractivity contribution in [1.82, 2.24) is 0 Å². The molecule has 1 rings (SSSR count). The van der Waals surface area contributed by atoms with Crippen LogP contribution in [0.15, 0.2) is 18.2 Å². The lowest BCUT2D eigenvalue weighted by Crippen LogP contribution is -2.34. The summed E-state index contributed by atoms with van der Waals surface area (Å²) in [6.07, 6.45) is 1.60. The molecule has 0 aliphatic carbocycles. The predicted molar refractivity (Wildman–Crippen MR) is 63.6 cm³/mol. The van der Waals surface area contributed by atoms with Crippen molar-refractivity contribution in [2.75, 3.05) is 0 Å². The first-order chi connectivity index (χ1) is 8.06. The zero-order valence-electron chi connectivity index (χ0n) is 10.00. The molecule has 2 nitrogen and oxygen atoms in total. The maximum absolute atomic E-state index is 13.3. The summed E-state index contributed by atoms with van der Waals surface area (Å²) in [7, 11) is 0. The molecule has 0 saturated carbocycles. The second-order valence-electron chi connectivity index (χ2n) is 4.27. The Morgan fingerprint density at radius 1 is 1.29 bits per heavy atom. The van der Waals surface area contributed by atoms with Crippen LogP contribution < -0.4 is 5.73 Å². The van der Waals surface area contributed by atoms with E-state index in [0.717, 1.165) is 18.9 Å². The summed E-state index contributed by atoms with van der Waals surface area (Å²) in [5.41, 5.74) is 6.03. The van der Waals surface area contributed by atoms with Gasteiger partial charge >= 0.3 is 0 Å². The first-order valence-corrected chi connectivity index (χ1v) is 5.92. The first kappa shape index (κ1) is 14.1. The Kier molecular flexibility index (Phi) is 5.51. The van der Waals surface area contributed by atoms with Crippen molar-refractivity contribution >= 4 is 0 Å². The fourth-order valence-corrected chi connectivity index (χ4v) is 1.78. The van der Waals surface area contributed by atoms with E-state index in [1.54, 1.807) is 0 Å². The molecule has 0 fully saturated rings. The third-order valence-corrected chi connectivity index (χ3v) is 2.86. The molecule has 0 spiro atoms. The molecule has 0 radical (unpaired) electrons. The zero-order valence-corrected chi connectivity index (χ0v) is 10.00. The number of rotatable bonds is 6. The summed E-state index contributed by atoms with van der Waals surface area (Å²) in [6, 6.07) is 3.78. The van der Waals surface area contributed by atoms with Gasteiger partial charge in [0.2, 0.25) is 0 Å². The minimum absolute atomic E-state index is 0.285. The minimum Gasteiger partial charge on any atom is -0.392 e. The van der Waals surface area contributed by atoms with E-state index in [9.17, 15) is 13.9 Å². The highest BCUT2D eigenvalue weighted by Gasteiger charge is 2.15. The van der Waals surface area contributed by atoms with Crippen molar-refractivity contribution in [3.8, 4) is 0 Å². The van der Waals surface area contributed by atoms with Gasteiger partial charge in [-0.3, -0.25) is 0 Å². The van der Waals surface area contributed by atoms with E-state index >= 15 is 0 Å². The standard InChI is InChI=1S/C13H19F2NO/c1-2-4-11(16)12(17)8-7-9-5-3-6-10(14)13(9)15/h3,5-6,11-12,17H,2,4,7-8,16H2,1H3. The highest BCUT2D eigenvalue weighted by Crippen LogP contribution is 2.15. The summed E-state index contributed by atoms with van der Waals surface area (Å²) < 4.78 is 26.2. The van der Waals surface area contributed by atoms with Crippen LogP contribution in [0, 0.1) is 11.6 Å². The van der Waals surface area contributed by atoms with Gasteiger partial charge in [0.1, 0.15) is 0 Å². The fraction of sp³-hybridized carbons (Fsp3) is 0.538. The average Bonchev–Trinajstić information content (AvgIpc) is 2.31. The van der Waals surface area contributed by atoms with Gasteiger partial charge in [0.25, 0.3) is 0 Å². The molecule has 1 aromatic carbocycles. The van der Waals surface area contributed by atoms with Crippen molar-refractivity contribution < 1.29 is 13.9 Å². The van der Waals surface area contributed by atoms with Crippen molar-refractivity contribution in [2.24, 2.45) is 5.73 Å². The van der Waals surface area contributed by atoms with Gasteiger partial charge in [0.15, 0.2) is 11.6 Å². The van der Waals surface area contributed by atoms with Crippen LogP contribution in [0.2, 0.25) is 0 Å². The SMILES string of the molecule is CCCC(N)C(O)CCc1cccc(F)c1F. The highest BCUT2D eigenvalue weighted by molar-refractivity contribution is 5.19. The first-order valence-electron chi connectivity index (χ1n) is 5.92. The molecule has 2 atom stereocenters. The van der Waals surface area contributed by atoms with E-state index in [2.05, 4.69) is 0 Å². The number of aliphatic hydroxyl groups is 1. The molecule has 17 heavy (non-hydrogen) atoms. The molecule has 0 amide bonds. The van der Waals surface area contributed by atoms with E-state index in [0.29, 0.717) is 12.8 Å². The maximum atomic E-state index is 13.3. The topological polar surface area (TPSA) is 46.2 Å². The molecule has 0 bridgehead atoms. The third-order valence-electron chi connectivity index (χ3n) is 2.86. The van der Waals surface area contributed by atoms with Crippen LogP contribution in [-0.4, -0.2) is 17.3 Å². The Balaban J connectivity index is 2.52. The van der Waals surface area contributed by atoms with E-state index in [1.807, 2.05) is 6.92 Å². The quantitative estimate of drug-likeness (QED) is 0.805. The van der Waals surface area contributed by atoms with E-state index in [4.69, 9.17) is 5.73 Å². The lowest BCUT2D eigenvalue weighted by Gasteiger charge is -2.18. The Bertz CT molecular complexity index is 357. The van der Waals surface area contributed by atoms with Crippen molar-refractivity contribution in [2.45, 2.75) is 44.8 Å². The molecule has 4 heteroatoms. The maximum Gasteiger partial charge on any atom is 0.162 e. The highest BCUT2D eigenvalue weighted by atomic mass is 19.2. The van der Waals surface area contributed by atoms with Crippen molar-refractivity contribution in [1.29, 1.82) is 0 Å². The Morgan fingerprint density at radius 2 is 2.00 bits per heavy atom. The van der Waals surface area contributed by atoms with Gasteiger partial charge < -0.3 is 10.8 Å². The summed E-state index contributed by atoms with van der Waals surface area (Å²) in [5.74, 6) is -1.68. The monoisotopic (exact) mass is 243 g/mol. The minimum atomic E-state index is -0.852. The van der Waals surface area contributed by atoms with E-state index in [-0.39, 0.29) is 11.6 Å². The van der Waals surface area contributed by atoms with E-state index in [1.165, 1.54) is 12.1 Å². The van der Waals surface area contributed by atoms with Gasteiger partial charge in [-0.2, -0.15) is 0 Å². The number of hydrogen-bond donors (Lipinski definition) is 2. The van der Waals surface area contributed by atoms with Crippen LogP contribution in [0.4, 0.5) is 8.78 Å². The van der Waals surface area contributed by atoms with Crippen LogP contribution >= 0.6 is 0 Å². The van der Waals surface area contributed by atoms with Gasteiger partial charge in [0, 0.05) is 6.04 Å². The third kappa shape index (κ3) is 4.06. The molecule has 0 aliphatic rings. The second kappa shape index (κ2) is 6.67. The Hall–Kier alpha value is -1.00. The van der Waals surface area contributed by atoms with Gasteiger partial charge in [-0.15, -0.1) is 0 Å². The largest absolute Gasteiger partial charge is 0.392 e.